The molecule has 0 heterocycles. The van der Waals surface area contributed by atoms with Crippen molar-refractivity contribution in [1.29, 1.82) is 0 Å². The quantitative estimate of drug-likeness (QED) is 0.698. The van der Waals surface area contributed by atoms with Crippen LogP contribution in [0.25, 0.3) is 0 Å². The first-order chi connectivity index (χ1) is 6.29. The molecule has 3 N–H and O–H groups in total. The summed E-state index contributed by atoms with van der Waals surface area (Å²) in [4.78, 5) is 11.6. The van der Waals surface area contributed by atoms with Crippen LogP contribution in [0.15, 0.2) is 0 Å². The van der Waals surface area contributed by atoms with E-state index in [4.69, 9.17) is 10.5 Å². The summed E-state index contributed by atoms with van der Waals surface area (Å²) in [6, 6.07) is -0.484. The Balaban J connectivity index is 4.08. The van der Waals surface area contributed by atoms with Crippen LogP contribution in [0.5, 0.6) is 0 Å². The molecule has 0 fully saturated rings. The lowest BCUT2D eigenvalue weighted by Gasteiger charge is -2.27. The average molecular weight is 202 g/mol. The zero-order valence-corrected chi connectivity index (χ0v) is 9.76. The highest BCUT2D eigenvalue weighted by molar-refractivity contribution is 5.82. The van der Waals surface area contributed by atoms with E-state index < -0.39 is 6.04 Å². The second kappa shape index (κ2) is 5.32. The lowest BCUT2D eigenvalue weighted by atomic mass is 9.87. The molecular formula is C10H22N2O2. The van der Waals surface area contributed by atoms with Crippen molar-refractivity contribution in [2.45, 2.75) is 39.8 Å². The highest BCUT2D eigenvalue weighted by atomic mass is 16.5. The van der Waals surface area contributed by atoms with Crippen LogP contribution in [0.1, 0.15) is 27.7 Å². The molecule has 84 valence electrons. The fourth-order valence-corrected chi connectivity index (χ4v) is 1.02. The summed E-state index contributed by atoms with van der Waals surface area (Å²) in [7, 11) is 1.60. The van der Waals surface area contributed by atoms with Crippen LogP contribution in [0, 0.1) is 5.41 Å². The first kappa shape index (κ1) is 13.4. The number of hydrogen-bond acceptors (Lipinski definition) is 3. The van der Waals surface area contributed by atoms with E-state index in [1.807, 2.05) is 27.7 Å². The van der Waals surface area contributed by atoms with E-state index in [1.165, 1.54) is 0 Å². The molecule has 1 amide bonds. The van der Waals surface area contributed by atoms with Gasteiger partial charge in [-0.05, 0) is 12.3 Å². The van der Waals surface area contributed by atoms with E-state index in [9.17, 15) is 4.79 Å². The largest absolute Gasteiger partial charge is 0.383 e. The molecule has 0 radical (unpaired) electrons. The van der Waals surface area contributed by atoms with Gasteiger partial charge in [-0.2, -0.15) is 0 Å². The molecule has 0 aromatic carbocycles. The first-order valence-corrected chi connectivity index (χ1v) is 4.84. The molecule has 0 saturated heterocycles. The minimum absolute atomic E-state index is 0.000833. The lowest BCUT2D eigenvalue weighted by molar-refractivity contribution is -0.125. The third-order valence-corrected chi connectivity index (χ3v) is 2.02. The fraction of sp³-hybridized carbons (Fsp3) is 0.900. The molecule has 4 heteroatoms. The maximum atomic E-state index is 11.6. The van der Waals surface area contributed by atoms with Gasteiger partial charge in [0, 0.05) is 13.2 Å². The molecule has 0 spiro atoms. The van der Waals surface area contributed by atoms with Gasteiger partial charge < -0.3 is 15.8 Å². The predicted molar refractivity (Wildman–Crippen MR) is 56.9 cm³/mol. The van der Waals surface area contributed by atoms with Crippen molar-refractivity contribution >= 4 is 5.91 Å². The summed E-state index contributed by atoms with van der Waals surface area (Å²) in [6.07, 6.45) is 0. The summed E-state index contributed by atoms with van der Waals surface area (Å²) in [5, 5.41) is 2.80. The topological polar surface area (TPSA) is 64.3 Å². The van der Waals surface area contributed by atoms with E-state index in [0.29, 0.717) is 6.61 Å². The molecule has 0 aromatic heterocycles. The van der Waals surface area contributed by atoms with Crippen molar-refractivity contribution in [3.8, 4) is 0 Å². The monoisotopic (exact) mass is 202 g/mol. The Morgan fingerprint density at radius 1 is 1.50 bits per heavy atom. The number of rotatable bonds is 4. The number of amides is 1. The fourth-order valence-electron chi connectivity index (χ4n) is 1.02. The van der Waals surface area contributed by atoms with E-state index in [1.54, 1.807) is 7.11 Å². The van der Waals surface area contributed by atoms with Crippen LogP contribution in [0.2, 0.25) is 0 Å². The zero-order valence-electron chi connectivity index (χ0n) is 9.76. The second-order valence-corrected chi connectivity index (χ2v) is 4.71. The SMILES string of the molecule is COCC(C)NC(=O)C(N)C(C)(C)C. The van der Waals surface area contributed by atoms with Gasteiger partial charge >= 0.3 is 0 Å². The van der Waals surface area contributed by atoms with Gasteiger partial charge in [-0.1, -0.05) is 20.8 Å². The molecule has 0 aliphatic carbocycles. The maximum Gasteiger partial charge on any atom is 0.237 e. The Kier molecular flexibility index (Phi) is 5.08. The molecule has 0 aromatic rings. The molecule has 14 heavy (non-hydrogen) atoms. The molecule has 0 bridgehead atoms. The number of nitrogens with two attached hydrogens (primary N) is 1. The molecule has 2 atom stereocenters. The molecular weight excluding hydrogens is 180 g/mol. The minimum atomic E-state index is -0.484. The zero-order chi connectivity index (χ0) is 11.4. The summed E-state index contributed by atoms with van der Waals surface area (Å²) >= 11 is 0. The van der Waals surface area contributed by atoms with Gasteiger partial charge in [-0.25, -0.2) is 0 Å². The van der Waals surface area contributed by atoms with E-state index >= 15 is 0 Å². The summed E-state index contributed by atoms with van der Waals surface area (Å²) in [5.41, 5.74) is 5.57. The number of hydrogen-bond donors (Lipinski definition) is 2. The van der Waals surface area contributed by atoms with Crippen LogP contribution in [-0.2, 0) is 9.53 Å². The van der Waals surface area contributed by atoms with Crippen molar-refractivity contribution in [3.63, 3.8) is 0 Å². The van der Waals surface area contributed by atoms with Gasteiger partial charge in [0.1, 0.15) is 0 Å². The predicted octanol–water partition coefficient (Wildman–Crippen LogP) is 0.511. The second-order valence-electron chi connectivity index (χ2n) is 4.71. The van der Waals surface area contributed by atoms with Crippen molar-refractivity contribution in [2.24, 2.45) is 11.1 Å². The smallest absolute Gasteiger partial charge is 0.237 e. The number of carbonyl (C=O) groups is 1. The van der Waals surface area contributed by atoms with E-state index in [-0.39, 0.29) is 17.4 Å². The first-order valence-electron chi connectivity index (χ1n) is 4.84. The summed E-state index contributed by atoms with van der Waals surface area (Å²) in [5.74, 6) is -0.123. The minimum Gasteiger partial charge on any atom is -0.383 e. The Labute approximate surface area is 86.2 Å². The van der Waals surface area contributed by atoms with Crippen LogP contribution >= 0.6 is 0 Å². The molecule has 0 saturated carbocycles. The molecule has 0 aliphatic rings. The number of carbonyl (C=O) groups excluding carboxylic acids is 1. The van der Waals surface area contributed by atoms with Crippen molar-refractivity contribution in [2.75, 3.05) is 13.7 Å². The van der Waals surface area contributed by atoms with E-state index in [0.717, 1.165) is 0 Å². The van der Waals surface area contributed by atoms with Crippen molar-refractivity contribution < 1.29 is 9.53 Å². The number of ether oxygens (including phenoxy) is 1. The summed E-state index contributed by atoms with van der Waals surface area (Å²) in [6.45, 7) is 8.22. The van der Waals surface area contributed by atoms with E-state index in [2.05, 4.69) is 5.32 Å². The molecule has 2 unspecified atom stereocenters. The Hall–Kier alpha value is -0.610. The van der Waals surface area contributed by atoms with Gasteiger partial charge in [-0.15, -0.1) is 0 Å². The molecule has 0 rings (SSSR count). The van der Waals surface area contributed by atoms with Crippen LogP contribution < -0.4 is 11.1 Å². The maximum absolute atomic E-state index is 11.6. The van der Waals surface area contributed by atoms with Gasteiger partial charge in [-0.3, -0.25) is 4.79 Å². The summed E-state index contributed by atoms with van der Waals surface area (Å²) < 4.78 is 4.91. The third-order valence-electron chi connectivity index (χ3n) is 2.02. The Morgan fingerprint density at radius 3 is 2.36 bits per heavy atom. The highest BCUT2D eigenvalue weighted by Crippen LogP contribution is 2.17. The van der Waals surface area contributed by atoms with Gasteiger partial charge in [0.15, 0.2) is 0 Å². The standard InChI is InChI=1S/C10H22N2O2/c1-7(6-14-5)12-9(13)8(11)10(2,3)4/h7-8H,6,11H2,1-5H3,(H,12,13). The normalized spacial score (nSPS) is 16.1. The Bertz CT molecular complexity index is 187. The van der Waals surface area contributed by atoms with Gasteiger partial charge in [0.05, 0.1) is 12.6 Å². The van der Waals surface area contributed by atoms with Crippen LogP contribution in [0.3, 0.4) is 0 Å². The van der Waals surface area contributed by atoms with Gasteiger partial charge in [0.25, 0.3) is 0 Å². The third kappa shape index (κ3) is 4.58. The van der Waals surface area contributed by atoms with Gasteiger partial charge in [0.2, 0.25) is 5.91 Å². The van der Waals surface area contributed by atoms with Crippen molar-refractivity contribution in [3.05, 3.63) is 0 Å². The number of nitrogens with one attached hydrogen (secondary N) is 1. The average Bonchev–Trinajstić information content (AvgIpc) is 2.01. The molecule has 0 aliphatic heterocycles. The highest BCUT2D eigenvalue weighted by Gasteiger charge is 2.27. The number of methoxy groups -OCH3 is 1. The Morgan fingerprint density at radius 2 is 2.00 bits per heavy atom. The van der Waals surface area contributed by atoms with Crippen molar-refractivity contribution in [1.82, 2.24) is 5.32 Å². The van der Waals surface area contributed by atoms with Crippen LogP contribution in [0.4, 0.5) is 0 Å². The van der Waals surface area contributed by atoms with Crippen LogP contribution in [-0.4, -0.2) is 31.7 Å². The lowest BCUT2D eigenvalue weighted by Crippen LogP contribution is -2.51. The molecule has 4 nitrogen and oxygen atoms in total.